The molecule has 2 rings (SSSR count). The zero-order chi connectivity index (χ0) is 12.5. The number of sulfonamides is 1. The van der Waals surface area contributed by atoms with Crippen molar-refractivity contribution >= 4 is 27.7 Å². The molecular formula is C10H12N2O3S2. The Morgan fingerprint density at radius 3 is 2.88 bits per heavy atom. The summed E-state index contributed by atoms with van der Waals surface area (Å²) in [5, 5.41) is -0.117. The van der Waals surface area contributed by atoms with Crippen molar-refractivity contribution in [1.82, 2.24) is 9.29 Å². The van der Waals surface area contributed by atoms with Gasteiger partial charge < -0.3 is 0 Å². The summed E-state index contributed by atoms with van der Waals surface area (Å²) >= 11 is 1.62. The van der Waals surface area contributed by atoms with Gasteiger partial charge in [-0.3, -0.25) is 4.79 Å². The Bertz CT molecular complexity index is 542. The number of carbonyl (C=O) groups excluding carboxylic acids is 1. The van der Waals surface area contributed by atoms with E-state index in [1.54, 1.807) is 17.8 Å². The Morgan fingerprint density at radius 1 is 1.47 bits per heavy atom. The Morgan fingerprint density at radius 2 is 2.24 bits per heavy atom. The highest BCUT2D eigenvalue weighted by Crippen LogP contribution is 2.27. The van der Waals surface area contributed by atoms with Crippen LogP contribution in [0.4, 0.5) is 0 Å². The lowest BCUT2D eigenvalue weighted by Gasteiger charge is -2.13. The molecule has 0 N–H and O–H groups in total. The van der Waals surface area contributed by atoms with Crippen LogP contribution in [0.25, 0.3) is 0 Å². The number of pyridine rings is 1. The molecule has 0 bridgehead atoms. The molecule has 92 valence electrons. The highest BCUT2D eigenvalue weighted by Gasteiger charge is 2.41. The summed E-state index contributed by atoms with van der Waals surface area (Å²) in [6.45, 7) is 0.221. The van der Waals surface area contributed by atoms with Crippen LogP contribution in [-0.2, 0) is 10.0 Å². The summed E-state index contributed by atoms with van der Waals surface area (Å²) in [6, 6.07) is 3.06. The van der Waals surface area contributed by atoms with E-state index in [9.17, 15) is 13.2 Å². The number of amides is 1. The molecule has 0 unspecified atom stereocenters. The zero-order valence-electron chi connectivity index (χ0n) is 9.29. The normalized spacial score (nSPS) is 17.2. The Labute approximate surface area is 104 Å². The third-order valence-electron chi connectivity index (χ3n) is 2.47. The minimum atomic E-state index is -3.71. The first kappa shape index (κ1) is 12.4. The third-order valence-corrected chi connectivity index (χ3v) is 4.91. The summed E-state index contributed by atoms with van der Waals surface area (Å²) < 4.78 is 25.0. The molecule has 1 aromatic heterocycles. The third kappa shape index (κ3) is 2.04. The highest BCUT2D eigenvalue weighted by molar-refractivity contribution is 7.98. The maximum atomic E-state index is 12.0. The van der Waals surface area contributed by atoms with Gasteiger partial charge in [0.2, 0.25) is 0 Å². The smallest absolute Gasteiger partial charge is 0.268 e. The van der Waals surface area contributed by atoms with Crippen LogP contribution in [0, 0.1) is 0 Å². The lowest BCUT2D eigenvalue weighted by Crippen LogP contribution is -2.31. The number of aromatic nitrogens is 1. The van der Waals surface area contributed by atoms with Crippen LogP contribution in [0.5, 0.6) is 0 Å². The molecule has 5 nitrogen and oxygen atoms in total. The topological polar surface area (TPSA) is 67.3 Å². The van der Waals surface area contributed by atoms with Crippen molar-refractivity contribution in [2.45, 2.75) is 11.4 Å². The van der Waals surface area contributed by atoms with Gasteiger partial charge in [-0.2, -0.15) is 20.2 Å². The lowest BCUT2D eigenvalue weighted by molar-refractivity contribution is 0.0871. The molecule has 0 fully saturated rings. The predicted molar refractivity (Wildman–Crippen MR) is 65.5 cm³/mol. The molecule has 0 radical (unpaired) electrons. The van der Waals surface area contributed by atoms with Gasteiger partial charge in [0, 0.05) is 12.7 Å². The summed E-state index contributed by atoms with van der Waals surface area (Å²) in [5.74, 6) is 0.359. The number of fused-ring (bicyclic) bond motifs is 1. The van der Waals surface area contributed by atoms with Gasteiger partial charge in [0.05, 0.1) is 5.56 Å². The molecule has 1 aliphatic rings. The van der Waals surface area contributed by atoms with Gasteiger partial charge in [-0.15, -0.1) is 0 Å². The molecule has 2 heterocycles. The molecule has 1 aliphatic heterocycles. The molecule has 0 spiro atoms. The maximum Gasteiger partial charge on any atom is 0.285 e. The monoisotopic (exact) mass is 272 g/mol. The van der Waals surface area contributed by atoms with E-state index >= 15 is 0 Å². The molecule has 0 atom stereocenters. The van der Waals surface area contributed by atoms with Crippen LogP contribution in [0.15, 0.2) is 23.4 Å². The average molecular weight is 272 g/mol. The molecular weight excluding hydrogens is 260 g/mol. The standard InChI is InChI=1S/C10H12N2O3S2/c1-16-7-3-6-12-10(13)8-4-2-5-11-9(8)17(12,14)15/h2,4-5H,3,6-7H2,1H3. The van der Waals surface area contributed by atoms with Gasteiger partial charge in [-0.05, 0) is 30.6 Å². The van der Waals surface area contributed by atoms with Crippen LogP contribution in [0.3, 0.4) is 0 Å². The van der Waals surface area contributed by atoms with Crippen molar-refractivity contribution in [3.05, 3.63) is 23.9 Å². The van der Waals surface area contributed by atoms with Crippen LogP contribution in [0.2, 0.25) is 0 Å². The number of hydrogen-bond acceptors (Lipinski definition) is 5. The molecule has 1 amide bonds. The van der Waals surface area contributed by atoms with E-state index in [-0.39, 0.29) is 17.1 Å². The number of nitrogens with zero attached hydrogens (tertiary/aromatic N) is 2. The van der Waals surface area contributed by atoms with Gasteiger partial charge >= 0.3 is 0 Å². The maximum absolute atomic E-state index is 12.0. The molecule has 7 heteroatoms. The molecule has 1 aromatic rings. The second kappa shape index (κ2) is 4.66. The van der Waals surface area contributed by atoms with Crippen molar-refractivity contribution in [3.8, 4) is 0 Å². The van der Waals surface area contributed by atoms with Crippen molar-refractivity contribution in [3.63, 3.8) is 0 Å². The number of carbonyl (C=O) groups is 1. The Hall–Kier alpha value is -1.08. The van der Waals surface area contributed by atoms with Gasteiger partial charge in [0.1, 0.15) is 0 Å². The van der Waals surface area contributed by atoms with E-state index < -0.39 is 15.9 Å². The first-order chi connectivity index (χ1) is 8.09. The minimum Gasteiger partial charge on any atom is -0.268 e. The van der Waals surface area contributed by atoms with E-state index in [1.807, 2.05) is 6.26 Å². The summed E-state index contributed by atoms with van der Waals surface area (Å²) in [4.78, 5) is 15.7. The Kier molecular flexibility index (Phi) is 3.39. The fourth-order valence-electron chi connectivity index (χ4n) is 1.68. The first-order valence-electron chi connectivity index (χ1n) is 5.10. The molecule has 0 aromatic carbocycles. The average Bonchev–Trinajstić information content (AvgIpc) is 2.51. The lowest BCUT2D eigenvalue weighted by atomic mass is 10.2. The van der Waals surface area contributed by atoms with Crippen molar-refractivity contribution in [2.24, 2.45) is 0 Å². The van der Waals surface area contributed by atoms with Gasteiger partial charge in [-0.1, -0.05) is 0 Å². The Balaban J connectivity index is 2.31. The van der Waals surface area contributed by atoms with E-state index in [0.717, 1.165) is 10.1 Å². The largest absolute Gasteiger partial charge is 0.285 e. The van der Waals surface area contributed by atoms with Crippen LogP contribution in [0.1, 0.15) is 16.8 Å². The molecule has 0 aliphatic carbocycles. The fraction of sp³-hybridized carbons (Fsp3) is 0.400. The van der Waals surface area contributed by atoms with Crippen molar-refractivity contribution < 1.29 is 13.2 Å². The van der Waals surface area contributed by atoms with Gasteiger partial charge in [0.25, 0.3) is 15.9 Å². The fourth-order valence-corrected chi connectivity index (χ4v) is 3.62. The van der Waals surface area contributed by atoms with Gasteiger partial charge in [-0.25, -0.2) is 9.29 Å². The second-order valence-electron chi connectivity index (χ2n) is 3.58. The predicted octanol–water partition coefficient (Wildman–Crippen LogP) is 0.979. The first-order valence-corrected chi connectivity index (χ1v) is 7.93. The summed E-state index contributed by atoms with van der Waals surface area (Å²) in [6.07, 6.45) is 3.98. The number of rotatable bonds is 4. The van der Waals surface area contributed by atoms with E-state index in [2.05, 4.69) is 4.98 Å². The van der Waals surface area contributed by atoms with E-state index in [0.29, 0.717) is 6.42 Å². The van der Waals surface area contributed by atoms with Crippen LogP contribution >= 0.6 is 11.8 Å². The summed E-state index contributed by atoms with van der Waals surface area (Å²) in [5.41, 5.74) is 0.177. The SMILES string of the molecule is CSCCCN1C(=O)c2cccnc2S1(=O)=O. The van der Waals surface area contributed by atoms with Gasteiger partial charge in [0.15, 0.2) is 5.03 Å². The quantitative estimate of drug-likeness (QED) is 0.764. The highest BCUT2D eigenvalue weighted by atomic mass is 32.2. The van der Waals surface area contributed by atoms with Crippen molar-refractivity contribution in [1.29, 1.82) is 0 Å². The second-order valence-corrected chi connectivity index (χ2v) is 6.35. The number of hydrogen-bond donors (Lipinski definition) is 0. The van der Waals surface area contributed by atoms with Crippen LogP contribution < -0.4 is 0 Å². The van der Waals surface area contributed by atoms with E-state index in [4.69, 9.17) is 0 Å². The number of thioether (sulfide) groups is 1. The molecule has 0 saturated heterocycles. The minimum absolute atomic E-state index is 0.117. The van der Waals surface area contributed by atoms with Crippen molar-refractivity contribution in [2.75, 3.05) is 18.6 Å². The zero-order valence-corrected chi connectivity index (χ0v) is 10.9. The summed E-state index contributed by atoms with van der Waals surface area (Å²) in [7, 11) is -3.71. The molecule has 17 heavy (non-hydrogen) atoms. The van der Waals surface area contributed by atoms with E-state index in [1.165, 1.54) is 12.3 Å². The van der Waals surface area contributed by atoms with Crippen LogP contribution in [-0.4, -0.2) is 42.2 Å². The molecule has 0 saturated carbocycles.